The van der Waals surface area contributed by atoms with Crippen molar-refractivity contribution in [2.75, 3.05) is 19.1 Å². The minimum Gasteiger partial charge on any atom is -0.508 e. The Kier molecular flexibility index (Phi) is 5.09. The molecule has 0 spiro atoms. The number of anilines is 1. The summed E-state index contributed by atoms with van der Waals surface area (Å²) in [7, 11) is 4.93. The van der Waals surface area contributed by atoms with Crippen molar-refractivity contribution in [2.45, 2.75) is 12.5 Å². The summed E-state index contributed by atoms with van der Waals surface area (Å²) in [4.78, 5) is 23.7. The molecule has 154 valence electrons. The van der Waals surface area contributed by atoms with Crippen LogP contribution in [0.3, 0.4) is 0 Å². The number of fused-ring (bicyclic) bond motifs is 1. The van der Waals surface area contributed by atoms with Gasteiger partial charge in [0, 0.05) is 20.5 Å². The standard InChI is InChI=1S/C21H21N5O4/c1-25(16(21(28)29-3)11-13-6-8-14(27)9-7-13)19-15-12-22-26(2)20(15)24-18(23-19)17-5-4-10-30-17/h4-10,12,16,27H,11H2,1-3H3/t16-/m0/s1. The predicted octanol–water partition coefficient (Wildman–Crippen LogP) is 2.55. The number of carbonyl (C=O) groups is 1. The van der Waals surface area contributed by atoms with Crippen molar-refractivity contribution < 1.29 is 19.1 Å². The van der Waals surface area contributed by atoms with Crippen molar-refractivity contribution in [2.24, 2.45) is 7.05 Å². The summed E-state index contributed by atoms with van der Waals surface area (Å²) in [6, 6.07) is 9.60. The number of hydrogen-bond acceptors (Lipinski definition) is 8. The molecular formula is C21H21N5O4. The zero-order chi connectivity index (χ0) is 21.3. The average Bonchev–Trinajstić information content (AvgIpc) is 3.42. The van der Waals surface area contributed by atoms with Gasteiger partial charge < -0.3 is 19.2 Å². The number of hydrogen-bond donors (Lipinski definition) is 1. The number of carbonyl (C=O) groups excluding carboxylic acids is 1. The van der Waals surface area contributed by atoms with E-state index in [-0.39, 0.29) is 5.75 Å². The van der Waals surface area contributed by atoms with E-state index < -0.39 is 12.0 Å². The summed E-state index contributed by atoms with van der Waals surface area (Å²) in [5.41, 5.74) is 1.49. The summed E-state index contributed by atoms with van der Waals surface area (Å²) < 4.78 is 12.2. The average molecular weight is 407 g/mol. The van der Waals surface area contributed by atoms with E-state index in [4.69, 9.17) is 9.15 Å². The van der Waals surface area contributed by atoms with Gasteiger partial charge in [-0.05, 0) is 29.8 Å². The fraction of sp³-hybridized carbons (Fsp3) is 0.238. The van der Waals surface area contributed by atoms with Crippen molar-refractivity contribution in [1.29, 1.82) is 0 Å². The van der Waals surface area contributed by atoms with Crippen LogP contribution in [0.5, 0.6) is 5.75 Å². The number of rotatable bonds is 6. The van der Waals surface area contributed by atoms with Crippen molar-refractivity contribution in [1.82, 2.24) is 19.7 Å². The van der Waals surface area contributed by atoms with Gasteiger partial charge in [-0.1, -0.05) is 12.1 Å². The lowest BCUT2D eigenvalue weighted by atomic mass is 10.0. The van der Waals surface area contributed by atoms with Gasteiger partial charge in [0.15, 0.2) is 17.2 Å². The van der Waals surface area contributed by atoms with E-state index in [1.165, 1.54) is 7.11 Å². The largest absolute Gasteiger partial charge is 0.508 e. The molecule has 9 nitrogen and oxygen atoms in total. The maximum atomic E-state index is 12.7. The molecule has 0 radical (unpaired) electrons. The molecule has 0 unspecified atom stereocenters. The minimum absolute atomic E-state index is 0.165. The number of likely N-dealkylation sites (N-methyl/N-ethyl adjacent to an activating group) is 1. The number of aryl methyl sites for hydroxylation is 1. The molecule has 4 rings (SSSR count). The number of aromatic nitrogens is 4. The Hall–Kier alpha value is -3.88. The second-order valence-corrected chi connectivity index (χ2v) is 6.87. The molecule has 0 saturated carbocycles. The van der Waals surface area contributed by atoms with E-state index in [1.54, 1.807) is 72.5 Å². The van der Waals surface area contributed by atoms with Crippen LogP contribution in [0.15, 0.2) is 53.3 Å². The van der Waals surface area contributed by atoms with Crippen LogP contribution in [-0.2, 0) is 23.0 Å². The van der Waals surface area contributed by atoms with Crippen LogP contribution in [0.1, 0.15) is 5.56 Å². The quantitative estimate of drug-likeness (QED) is 0.486. The Morgan fingerprint density at radius 1 is 1.27 bits per heavy atom. The molecule has 0 bridgehead atoms. The van der Waals surface area contributed by atoms with Crippen LogP contribution in [-0.4, -0.2) is 51.0 Å². The monoisotopic (exact) mass is 407 g/mol. The Labute approximate surface area is 172 Å². The Morgan fingerprint density at radius 2 is 2.03 bits per heavy atom. The van der Waals surface area contributed by atoms with E-state index in [0.29, 0.717) is 34.9 Å². The highest BCUT2D eigenvalue weighted by Crippen LogP contribution is 2.29. The summed E-state index contributed by atoms with van der Waals surface area (Å²) in [6.45, 7) is 0. The van der Waals surface area contributed by atoms with E-state index in [1.807, 2.05) is 0 Å². The molecule has 0 aliphatic rings. The molecule has 1 N–H and O–H groups in total. The first-order chi connectivity index (χ1) is 14.5. The molecule has 0 fully saturated rings. The lowest BCUT2D eigenvalue weighted by molar-refractivity contribution is -0.142. The number of aromatic hydroxyl groups is 1. The minimum atomic E-state index is -0.651. The third-order valence-corrected chi connectivity index (χ3v) is 4.95. The number of methoxy groups -OCH3 is 1. The summed E-state index contributed by atoms with van der Waals surface area (Å²) in [5, 5.41) is 14.5. The van der Waals surface area contributed by atoms with Gasteiger partial charge in [-0.25, -0.2) is 14.8 Å². The first-order valence-corrected chi connectivity index (χ1v) is 9.30. The number of ether oxygens (including phenoxy) is 1. The van der Waals surface area contributed by atoms with Gasteiger partial charge >= 0.3 is 5.97 Å². The second kappa shape index (κ2) is 7.86. The fourth-order valence-corrected chi connectivity index (χ4v) is 3.31. The molecule has 30 heavy (non-hydrogen) atoms. The molecular weight excluding hydrogens is 386 g/mol. The maximum absolute atomic E-state index is 12.7. The molecule has 3 aromatic heterocycles. The Morgan fingerprint density at radius 3 is 2.70 bits per heavy atom. The van der Waals surface area contributed by atoms with E-state index >= 15 is 0 Å². The first kappa shape index (κ1) is 19.4. The third kappa shape index (κ3) is 3.57. The molecule has 1 atom stereocenters. The SMILES string of the molecule is COC(=O)[C@H](Cc1ccc(O)cc1)N(C)c1nc(-c2ccco2)nc2c1cnn2C. The van der Waals surface area contributed by atoms with Gasteiger partial charge in [-0.2, -0.15) is 5.10 Å². The summed E-state index contributed by atoms with van der Waals surface area (Å²) in [5.74, 6) is 1.21. The highest BCUT2D eigenvalue weighted by atomic mass is 16.5. The van der Waals surface area contributed by atoms with Gasteiger partial charge in [-0.3, -0.25) is 4.68 Å². The lowest BCUT2D eigenvalue weighted by Crippen LogP contribution is -2.41. The number of esters is 1. The van der Waals surface area contributed by atoms with Crippen LogP contribution < -0.4 is 4.90 Å². The molecule has 0 amide bonds. The lowest BCUT2D eigenvalue weighted by Gasteiger charge is -2.27. The van der Waals surface area contributed by atoms with Gasteiger partial charge in [0.05, 0.1) is 25.0 Å². The van der Waals surface area contributed by atoms with E-state index in [0.717, 1.165) is 5.56 Å². The van der Waals surface area contributed by atoms with Crippen LogP contribution >= 0.6 is 0 Å². The Bertz CT molecular complexity index is 1170. The van der Waals surface area contributed by atoms with Gasteiger partial charge in [-0.15, -0.1) is 0 Å². The molecule has 0 saturated heterocycles. The van der Waals surface area contributed by atoms with Crippen LogP contribution in [0.2, 0.25) is 0 Å². The molecule has 4 aromatic rings. The molecule has 3 heterocycles. The highest BCUT2D eigenvalue weighted by molar-refractivity contribution is 5.91. The van der Waals surface area contributed by atoms with Gasteiger partial charge in [0.25, 0.3) is 0 Å². The van der Waals surface area contributed by atoms with Crippen molar-refractivity contribution in [3.05, 3.63) is 54.4 Å². The second-order valence-electron chi connectivity index (χ2n) is 6.87. The van der Waals surface area contributed by atoms with Crippen LogP contribution in [0.4, 0.5) is 5.82 Å². The molecule has 9 heteroatoms. The first-order valence-electron chi connectivity index (χ1n) is 9.30. The third-order valence-electron chi connectivity index (χ3n) is 4.95. The normalized spacial score (nSPS) is 12.1. The van der Waals surface area contributed by atoms with E-state index in [9.17, 15) is 9.90 Å². The van der Waals surface area contributed by atoms with Crippen molar-refractivity contribution in [3.63, 3.8) is 0 Å². The van der Waals surface area contributed by atoms with Crippen LogP contribution in [0.25, 0.3) is 22.6 Å². The number of nitrogens with zero attached hydrogens (tertiary/aromatic N) is 5. The van der Waals surface area contributed by atoms with E-state index in [2.05, 4.69) is 15.1 Å². The van der Waals surface area contributed by atoms with Crippen LogP contribution in [0, 0.1) is 0 Å². The number of benzene rings is 1. The Balaban J connectivity index is 1.79. The smallest absolute Gasteiger partial charge is 0.328 e. The maximum Gasteiger partial charge on any atom is 0.328 e. The topological polar surface area (TPSA) is 107 Å². The zero-order valence-corrected chi connectivity index (χ0v) is 16.8. The van der Waals surface area contributed by atoms with Gasteiger partial charge in [0.1, 0.15) is 17.6 Å². The molecule has 0 aliphatic heterocycles. The highest BCUT2D eigenvalue weighted by Gasteiger charge is 2.28. The number of furan rings is 1. The van der Waals surface area contributed by atoms with Gasteiger partial charge in [0.2, 0.25) is 0 Å². The fourth-order valence-electron chi connectivity index (χ4n) is 3.31. The predicted molar refractivity (Wildman–Crippen MR) is 110 cm³/mol. The molecule has 0 aliphatic carbocycles. The van der Waals surface area contributed by atoms with Crippen molar-refractivity contribution in [3.8, 4) is 17.3 Å². The summed E-state index contributed by atoms with van der Waals surface area (Å²) in [6.07, 6.45) is 3.59. The number of phenolic OH excluding ortho intramolecular Hbond substituents is 1. The summed E-state index contributed by atoms with van der Waals surface area (Å²) >= 11 is 0. The molecule has 1 aromatic carbocycles. The zero-order valence-electron chi connectivity index (χ0n) is 16.8. The van der Waals surface area contributed by atoms with Crippen molar-refractivity contribution >= 4 is 22.8 Å². The number of phenols is 1.